The number of anilines is 1. The third-order valence-electron chi connectivity index (χ3n) is 6.04. The van der Waals surface area contributed by atoms with Crippen LogP contribution in [0.15, 0.2) is 24.3 Å². The number of halogens is 3. The average molecular weight is 371 g/mol. The maximum Gasteiger partial charge on any atom is 0.573 e. The Balaban J connectivity index is 1.70. The summed E-state index contributed by atoms with van der Waals surface area (Å²) in [6.45, 7) is 4.52. The molecule has 0 radical (unpaired) electrons. The Morgan fingerprint density at radius 1 is 1.08 bits per heavy atom. The largest absolute Gasteiger partial charge is 0.573 e. The smallest absolute Gasteiger partial charge is 0.406 e. The summed E-state index contributed by atoms with van der Waals surface area (Å²) in [5.41, 5.74) is -0.594. The molecule has 2 fully saturated rings. The fourth-order valence-electron chi connectivity index (χ4n) is 4.10. The second kappa shape index (κ2) is 6.44. The molecule has 1 aromatic carbocycles. The molecule has 1 heterocycles. The van der Waals surface area contributed by atoms with Gasteiger partial charge in [-0.2, -0.15) is 0 Å². The number of nitrogens with zero attached hydrogens (tertiary/aromatic N) is 1. The molecule has 1 saturated carbocycles. The van der Waals surface area contributed by atoms with E-state index in [4.69, 9.17) is 0 Å². The lowest BCUT2D eigenvalue weighted by molar-refractivity contribution is -0.274. The highest BCUT2D eigenvalue weighted by Gasteiger charge is 2.52. The van der Waals surface area contributed by atoms with Crippen LogP contribution in [0.2, 0.25) is 0 Å². The number of hydrogen-bond acceptors (Lipinski definition) is 3. The van der Waals surface area contributed by atoms with Crippen molar-refractivity contribution in [2.45, 2.75) is 57.9 Å². The summed E-state index contributed by atoms with van der Waals surface area (Å²) in [6, 6.07) is 5.40. The molecule has 1 amide bonds. The Kier molecular flexibility index (Phi) is 4.71. The first-order valence-electron chi connectivity index (χ1n) is 8.95. The maximum atomic E-state index is 13.0. The molecule has 1 saturated heterocycles. The number of benzene rings is 1. The van der Waals surface area contributed by atoms with Crippen LogP contribution in [-0.4, -0.2) is 29.5 Å². The highest BCUT2D eigenvalue weighted by molar-refractivity contribution is 6.00. The van der Waals surface area contributed by atoms with Crippen molar-refractivity contribution in [1.82, 2.24) is 0 Å². The number of carbonyl (C=O) groups excluding carboxylic acids is 1. The SMILES string of the molecule is CC(C)[C@]1(O)CC[C@@]2(CCN(c3ccc(OC(F)(F)F)cc3)C2=O)CC1. The van der Waals surface area contributed by atoms with Gasteiger partial charge in [0.2, 0.25) is 5.91 Å². The summed E-state index contributed by atoms with van der Waals surface area (Å²) < 4.78 is 40.6. The van der Waals surface area contributed by atoms with Crippen LogP contribution in [0.3, 0.4) is 0 Å². The monoisotopic (exact) mass is 371 g/mol. The van der Waals surface area contributed by atoms with Crippen LogP contribution in [0.25, 0.3) is 0 Å². The molecule has 1 N–H and O–H groups in total. The first-order valence-corrected chi connectivity index (χ1v) is 8.95. The van der Waals surface area contributed by atoms with Gasteiger partial charge in [0.25, 0.3) is 0 Å². The van der Waals surface area contributed by atoms with Crippen molar-refractivity contribution in [3.63, 3.8) is 0 Å². The molecule has 0 atom stereocenters. The van der Waals surface area contributed by atoms with Crippen molar-refractivity contribution in [1.29, 1.82) is 0 Å². The van der Waals surface area contributed by atoms with Gasteiger partial charge in [-0.25, -0.2) is 0 Å². The molecule has 1 aromatic rings. The Morgan fingerprint density at radius 2 is 1.65 bits per heavy atom. The number of alkyl halides is 3. The first-order chi connectivity index (χ1) is 12.0. The highest BCUT2D eigenvalue weighted by atomic mass is 19.4. The molecule has 144 valence electrons. The lowest BCUT2D eigenvalue weighted by Gasteiger charge is -2.43. The molecule has 1 spiro atoms. The molecular weight excluding hydrogens is 347 g/mol. The summed E-state index contributed by atoms with van der Waals surface area (Å²) >= 11 is 0. The van der Waals surface area contributed by atoms with Crippen LogP contribution in [0, 0.1) is 11.3 Å². The van der Waals surface area contributed by atoms with Crippen molar-refractivity contribution < 1.29 is 27.8 Å². The Bertz CT molecular complexity index is 662. The zero-order chi connectivity index (χ0) is 19.2. The second-order valence-electron chi connectivity index (χ2n) is 7.79. The quantitative estimate of drug-likeness (QED) is 0.863. The second-order valence-corrected chi connectivity index (χ2v) is 7.79. The van der Waals surface area contributed by atoms with Gasteiger partial charge < -0.3 is 14.7 Å². The van der Waals surface area contributed by atoms with Gasteiger partial charge in [-0.05, 0) is 62.3 Å². The van der Waals surface area contributed by atoms with E-state index in [1.807, 2.05) is 13.8 Å². The van der Waals surface area contributed by atoms with Gasteiger partial charge in [0.15, 0.2) is 0 Å². The molecule has 0 bridgehead atoms. The van der Waals surface area contributed by atoms with Crippen molar-refractivity contribution in [2.24, 2.45) is 11.3 Å². The molecule has 0 unspecified atom stereocenters. The van der Waals surface area contributed by atoms with Crippen LogP contribution in [0.4, 0.5) is 18.9 Å². The first kappa shape index (κ1) is 19.0. The van der Waals surface area contributed by atoms with Crippen molar-refractivity contribution >= 4 is 11.6 Å². The lowest BCUT2D eigenvalue weighted by atomic mass is 9.65. The maximum absolute atomic E-state index is 13.0. The number of rotatable bonds is 3. The van der Waals surface area contributed by atoms with Gasteiger partial charge in [0, 0.05) is 12.2 Å². The number of ether oxygens (including phenoxy) is 1. The van der Waals surface area contributed by atoms with Gasteiger partial charge in [-0.1, -0.05) is 13.8 Å². The average Bonchev–Trinajstić information content (AvgIpc) is 2.87. The fourth-order valence-corrected chi connectivity index (χ4v) is 4.10. The van der Waals surface area contributed by atoms with E-state index in [1.54, 1.807) is 4.90 Å². The number of aliphatic hydroxyl groups is 1. The summed E-state index contributed by atoms with van der Waals surface area (Å²) in [5.74, 6) is -0.149. The summed E-state index contributed by atoms with van der Waals surface area (Å²) in [4.78, 5) is 14.6. The third-order valence-corrected chi connectivity index (χ3v) is 6.04. The van der Waals surface area contributed by atoms with E-state index in [0.717, 1.165) is 0 Å². The van der Waals surface area contributed by atoms with E-state index in [-0.39, 0.29) is 17.6 Å². The van der Waals surface area contributed by atoms with Gasteiger partial charge in [-0.3, -0.25) is 4.79 Å². The van der Waals surface area contributed by atoms with Gasteiger partial charge in [0.1, 0.15) is 5.75 Å². The van der Waals surface area contributed by atoms with Crippen molar-refractivity contribution in [3.05, 3.63) is 24.3 Å². The van der Waals surface area contributed by atoms with E-state index in [2.05, 4.69) is 4.74 Å². The zero-order valence-electron chi connectivity index (χ0n) is 15.0. The molecule has 7 heteroatoms. The van der Waals surface area contributed by atoms with Crippen molar-refractivity contribution in [2.75, 3.05) is 11.4 Å². The Labute approximate surface area is 150 Å². The van der Waals surface area contributed by atoms with Gasteiger partial charge >= 0.3 is 6.36 Å². The predicted molar refractivity (Wildman–Crippen MR) is 90.8 cm³/mol. The Hall–Kier alpha value is -1.76. The normalized spacial score (nSPS) is 29.7. The number of carbonyl (C=O) groups is 1. The molecule has 3 rings (SSSR count). The van der Waals surface area contributed by atoms with E-state index >= 15 is 0 Å². The van der Waals surface area contributed by atoms with E-state index < -0.39 is 17.4 Å². The minimum Gasteiger partial charge on any atom is -0.406 e. The van der Waals surface area contributed by atoms with Crippen LogP contribution >= 0.6 is 0 Å². The van der Waals surface area contributed by atoms with Gasteiger partial charge in [-0.15, -0.1) is 13.2 Å². The topological polar surface area (TPSA) is 49.8 Å². The van der Waals surface area contributed by atoms with E-state index in [9.17, 15) is 23.1 Å². The van der Waals surface area contributed by atoms with Crippen molar-refractivity contribution in [3.8, 4) is 5.75 Å². The summed E-state index contributed by atoms with van der Waals surface area (Å²) in [7, 11) is 0. The van der Waals surface area contributed by atoms with Crippen LogP contribution in [0.1, 0.15) is 46.0 Å². The molecule has 1 aliphatic carbocycles. The van der Waals surface area contributed by atoms with E-state index in [0.29, 0.717) is 44.3 Å². The van der Waals surface area contributed by atoms with Crippen LogP contribution in [0.5, 0.6) is 5.75 Å². The molecule has 0 aromatic heterocycles. The molecule has 4 nitrogen and oxygen atoms in total. The van der Waals surface area contributed by atoms with Gasteiger partial charge in [0.05, 0.1) is 11.0 Å². The number of amides is 1. The fraction of sp³-hybridized carbons (Fsp3) is 0.632. The minimum absolute atomic E-state index is 0.00722. The zero-order valence-corrected chi connectivity index (χ0v) is 15.0. The van der Waals surface area contributed by atoms with E-state index in [1.165, 1.54) is 24.3 Å². The molecule has 1 aliphatic heterocycles. The Morgan fingerprint density at radius 3 is 2.15 bits per heavy atom. The molecule has 26 heavy (non-hydrogen) atoms. The van der Waals surface area contributed by atoms with Crippen LogP contribution < -0.4 is 9.64 Å². The predicted octanol–water partition coefficient (Wildman–Crippen LogP) is 4.27. The molecular formula is C19H24F3NO3. The minimum atomic E-state index is -4.73. The summed E-state index contributed by atoms with van der Waals surface area (Å²) in [6.07, 6.45) is -1.53. The lowest BCUT2D eigenvalue weighted by Crippen LogP contribution is -2.46. The number of hydrogen-bond donors (Lipinski definition) is 1. The van der Waals surface area contributed by atoms with Crippen LogP contribution in [-0.2, 0) is 4.79 Å². The third kappa shape index (κ3) is 3.54. The summed E-state index contributed by atoms with van der Waals surface area (Å²) in [5, 5.41) is 10.7. The standard InChI is InChI=1S/C19H24F3NO3/c1-13(2)18(25)9-7-17(8-10-18)11-12-23(16(17)24)14-3-5-15(6-4-14)26-19(20,21)22/h3-6,13,25H,7-12H2,1-2H3/t17-,18-. The molecule has 2 aliphatic rings. The highest BCUT2D eigenvalue weighted by Crippen LogP contribution is 2.50.